The summed E-state index contributed by atoms with van der Waals surface area (Å²) in [4.78, 5) is 0. The van der Waals surface area contributed by atoms with Gasteiger partial charge in [-0.15, -0.1) is 0 Å². The second kappa shape index (κ2) is 7.84. The van der Waals surface area contributed by atoms with E-state index in [0.717, 1.165) is 32.1 Å². The molecule has 0 saturated carbocycles. The molecule has 4 heteroatoms. The molecule has 0 aliphatic carbocycles. The summed E-state index contributed by atoms with van der Waals surface area (Å²) in [6.07, 6.45) is 3.90. The smallest absolute Gasteiger partial charge is 0.123 e. The molecule has 1 heterocycles. The number of rotatable bonds is 4. The molecule has 0 aliphatic rings. The van der Waals surface area contributed by atoms with E-state index in [1.807, 2.05) is 60.8 Å². The fourth-order valence-electron chi connectivity index (χ4n) is 3.28. The molecule has 1 aromatic heterocycles. The highest BCUT2D eigenvalue weighted by atomic mass is 79.9. The van der Waals surface area contributed by atoms with Crippen LogP contribution in [0.15, 0.2) is 83.5 Å². The van der Waals surface area contributed by atoms with E-state index < -0.39 is 0 Å². The van der Waals surface area contributed by atoms with E-state index >= 15 is 0 Å². The summed E-state index contributed by atoms with van der Waals surface area (Å²) < 4.78 is 16.5. The van der Waals surface area contributed by atoms with Crippen LogP contribution < -0.4 is 0 Å². The lowest BCUT2D eigenvalue weighted by Gasteiger charge is -2.06. The molecule has 0 unspecified atom stereocenters. The molecule has 0 spiro atoms. The highest BCUT2D eigenvalue weighted by Gasteiger charge is 2.06. The maximum atomic E-state index is 13.4. The third-order valence-electron chi connectivity index (χ3n) is 4.60. The molecule has 136 valence electrons. The number of allylic oxidation sites excluding steroid dienone is 1. The molecule has 3 aromatic carbocycles. The maximum Gasteiger partial charge on any atom is 0.123 e. The van der Waals surface area contributed by atoms with Gasteiger partial charge in [-0.05, 0) is 65.2 Å². The first kappa shape index (κ1) is 18.2. The number of benzene rings is 3. The summed E-state index contributed by atoms with van der Waals surface area (Å²) >= 11 is 3.45. The van der Waals surface area contributed by atoms with Crippen LogP contribution in [0.5, 0.6) is 0 Å². The zero-order valence-electron chi connectivity index (χ0n) is 14.9. The van der Waals surface area contributed by atoms with Gasteiger partial charge in [-0.2, -0.15) is 5.26 Å². The molecule has 0 N–H and O–H groups in total. The van der Waals surface area contributed by atoms with Gasteiger partial charge in [-0.1, -0.05) is 46.3 Å². The molecule has 28 heavy (non-hydrogen) atoms. The van der Waals surface area contributed by atoms with Gasteiger partial charge in [-0.25, -0.2) is 4.39 Å². The van der Waals surface area contributed by atoms with Gasteiger partial charge < -0.3 is 4.57 Å². The average molecular weight is 431 g/mol. The van der Waals surface area contributed by atoms with Crippen LogP contribution in [-0.2, 0) is 6.54 Å². The predicted octanol–water partition coefficient (Wildman–Crippen LogP) is 6.66. The number of nitriles is 1. The first-order valence-corrected chi connectivity index (χ1v) is 9.63. The van der Waals surface area contributed by atoms with Gasteiger partial charge in [-0.3, -0.25) is 0 Å². The zero-order valence-corrected chi connectivity index (χ0v) is 16.5. The van der Waals surface area contributed by atoms with Crippen molar-refractivity contribution in [1.82, 2.24) is 4.57 Å². The Morgan fingerprint density at radius 2 is 1.89 bits per heavy atom. The fourth-order valence-corrected chi connectivity index (χ4v) is 3.68. The number of aromatic nitrogens is 1. The maximum absolute atomic E-state index is 13.4. The van der Waals surface area contributed by atoms with Crippen molar-refractivity contribution in [3.05, 3.63) is 106 Å². The molecule has 0 atom stereocenters. The van der Waals surface area contributed by atoms with Gasteiger partial charge in [0.15, 0.2) is 0 Å². The Bertz CT molecular complexity index is 1230. The lowest BCUT2D eigenvalue weighted by Crippen LogP contribution is -1.98. The minimum atomic E-state index is -0.224. The van der Waals surface area contributed by atoms with Crippen LogP contribution in [0, 0.1) is 17.1 Å². The van der Waals surface area contributed by atoms with Crippen molar-refractivity contribution in [2.24, 2.45) is 0 Å². The van der Waals surface area contributed by atoms with Crippen LogP contribution in [0.25, 0.3) is 22.6 Å². The molecule has 0 radical (unpaired) electrons. The Morgan fingerprint density at radius 3 is 2.68 bits per heavy atom. The largest absolute Gasteiger partial charge is 0.343 e. The van der Waals surface area contributed by atoms with Gasteiger partial charge in [0.2, 0.25) is 0 Å². The summed E-state index contributed by atoms with van der Waals surface area (Å²) in [6, 6.07) is 24.8. The Labute approximate surface area is 171 Å². The quantitative estimate of drug-likeness (QED) is 0.263. The van der Waals surface area contributed by atoms with E-state index in [2.05, 4.69) is 32.6 Å². The van der Waals surface area contributed by atoms with E-state index in [-0.39, 0.29) is 5.82 Å². The summed E-state index contributed by atoms with van der Waals surface area (Å²) in [7, 11) is 0. The van der Waals surface area contributed by atoms with E-state index in [4.69, 9.17) is 0 Å². The second-order valence-electron chi connectivity index (χ2n) is 6.57. The second-order valence-corrected chi connectivity index (χ2v) is 7.49. The molecule has 4 rings (SSSR count). The average Bonchev–Trinajstić information content (AvgIpc) is 3.08. The van der Waals surface area contributed by atoms with Crippen LogP contribution >= 0.6 is 15.9 Å². The Balaban J connectivity index is 1.66. The van der Waals surface area contributed by atoms with Gasteiger partial charge in [0.05, 0.1) is 11.6 Å². The highest BCUT2D eigenvalue weighted by molar-refractivity contribution is 9.10. The van der Waals surface area contributed by atoms with Crippen LogP contribution in [0.3, 0.4) is 0 Å². The highest BCUT2D eigenvalue weighted by Crippen LogP contribution is 2.24. The van der Waals surface area contributed by atoms with Gasteiger partial charge in [0.25, 0.3) is 0 Å². The summed E-state index contributed by atoms with van der Waals surface area (Å²) in [5.41, 5.74) is 4.44. The van der Waals surface area contributed by atoms with Crippen molar-refractivity contribution in [2.75, 3.05) is 0 Å². The molecular weight excluding hydrogens is 415 g/mol. The zero-order chi connectivity index (χ0) is 19.5. The molecule has 0 saturated heterocycles. The Hall–Kier alpha value is -3.16. The Kier molecular flexibility index (Phi) is 5.10. The van der Waals surface area contributed by atoms with Gasteiger partial charge in [0.1, 0.15) is 5.82 Å². The lowest BCUT2D eigenvalue weighted by atomic mass is 10.0. The molecule has 0 bridgehead atoms. The van der Waals surface area contributed by atoms with Gasteiger partial charge in [0, 0.05) is 28.1 Å². The topological polar surface area (TPSA) is 28.7 Å². The molecule has 0 amide bonds. The number of halogens is 2. The minimum Gasteiger partial charge on any atom is -0.343 e. The summed E-state index contributed by atoms with van der Waals surface area (Å²) in [5, 5.41) is 10.6. The number of fused-ring (bicyclic) bond motifs is 1. The van der Waals surface area contributed by atoms with Crippen molar-refractivity contribution < 1.29 is 4.39 Å². The standard InChI is InChI=1S/C24H16BrFN2/c25-22-5-2-4-19(14-22)21(15-27)12-17-7-8-24-20(11-17)9-10-28(24)16-18-3-1-6-23(26)13-18/h1-14H,16H2/b21-12+. The minimum absolute atomic E-state index is 0.224. The third kappa shape index (κ3) is 3.90. The van der Waals surface area contributed by atoms with Crippen LogP contribution in [0.2, 0.25) is 0 Å². The van der Waals surface area contributed by atoms with Crippen molar-refractivity contribution in [3.63, 3.8) is 0 Å². The van der Waals surface area contributed by atoms with Crippen molar-refractivity contribution in [1.29, 1.82) is 5.26 Å². The van der Waals surface area contributed by atoms with Crippen molar-refractivity contribution in [2.45, 2.75) is 6.54 Å². The number of hydrogen-bond acceptors (Lipinski definition) is 1. The number of nitrogens with zero attached hydrogens (tertiary/aromatic N) is 2. The van der Waals surface area contributed by atoms with E-state index in [0.29, 0.717) is 12.1 Å². The SMILES string of the molecule is N#C/C(=C\c1ccc2c(ccn2Cc2cccc(F)c2)c1)c1cccc(Br)c1. The first-order valence-electron chi connectivity index (χ1n) is 8.83. The molecular formula is C24H16BrFN2. The van der Waals surface area contributed by atoms with E-state index in [1.165, 1.54) is 6.07 Å². The molecule has 4 aromatic rings. The summed E-state index contributed by atoms with van der Waals surface area (Å²) in [6.45, 7) is 0.609. The predicted molar refractivity (Wildman–Crippen MR) is 115 cm³/mol. The lowest BCUT2D eigenvalue weighted by molar-refractivity contribution is 0.624. The van der Waals surface area contributed by atoms with E-state index in [9.17, 15) is 9.65 Å². The molecule has 2 nitrogen and oxygen atoms in total. The van der Waals surface area contributed by atoms with Gasteiger partial charge >= 0.3 is 0 Å². The molecule has 0 fully saturated rings. The van der Waals surface area contributed by atoms with Crippen LogP contribution in [0.4, 0.5) is 4.39 Å². The van der Waals surface area contributed by atoms with Crippen LogP contribution in [-0.4, -0.2) is 4.57 Å². The third-order valence-corrected chi connectivity index (χ3v) is 5.10. The normalized spacial score (nSPS) is 11.5. The Morgan fingerprint density at radius 1 is 1.04 bits per heavy atom. The fraction of sp³-hybridized carbons (Fsp3) is 0.0417. The van der Waals surface area contributed by atoms with Crippen molar-refractivity contribution in [3.8, 4) is 6.07 Å². The van der Waals surface area contributed by atoms with Crippen LogP contribution in [0.1, 0.15) is 16.7 Å². The monoisotopic (exact) mass is 430 g/mol. The number of hydrogen-bond donors (Lipinski definition) is 0. The summed E-state index contributed by atoms with van der Waals surface area (Å²) in [5.74, 6) is -0.224. The first-order chi connectivity index (χ1) is 13.6. The van der Waals surface area contributed by atoms with Crippen molar-refractivity contribution >= 4 is 38.5 Å². The molecule has 0 aliphatic heterocycles. The van der Waals surface area contributed by atoms with E-state index in [1.54, 1.807) is 12.1 Å².